The van der Waals surface area contributed by atoms with Crippen LogP contribution in [0.1, 0.15) is 30.1 Å². The number of rotatable bonds is 2. The Hall–Kier alpha value is -2.48. The van der Waals surface area contributed by atoms with Crippen molar-refractivity contribution in [1.82, 2.24) is 29.2 Å². The number of nitrogens with zero attached hydrogens (tertiary/aromatic N) is 6. The van der Waals surface area contributed by atoms with Crippen LogP contribution in [0, 0.1) is 6.92 Å². The molecule has 0 atom stereocenters. The Kier molecular flexibility index (Phi) is 3.49. The Balaban J connectivity index is 1.64. The van der Waals surface area contributed by atoms with E-state index in [1.165, 1.54) is 0 Å². The number of likely N-dealkylation sites (tertiary alicyclic amines) is 1. The van der Waals surface area contributed by atoms with Crippen LogP contribution in [0.3, 0.4) is 0 Å². The Morgan fingerprint density at radius 2 is 2.19 bits per heavy atom. The quantitative estimate of drug-likeness (QED) is 0.507. The van der Waals surface area contributed by atoms with E-state index < -0.39 is 0 Å². The zero-order valence-corrected chi connectivity index (χ0v) is 15.9. The lowest BCUT2D eigenvalue weighted by atomic mass is 10.1. The molecule has 2 aromatic heterocycles. The lowest BCUT2D eigenvalue weighted by Gasteiger charge is -2.12. The smallest absolute Gasteiger partial charge is 0.223 e. The Morgan fingerprint density at radius 3 is 3.00 bits per heavy atom. The van der Waals surface area contributed by atoms with Crippen LogP contribution in [0.25, 0.3) is 17.1 Å². The van der Waals surface area contributed by atoms with Crippen molar-refractivity contribution in [1.29, 1.82) is 0 Å². The number of carbonyl (C=O) groups excluding carboxylic acids is 1. The summed E-state index contributed by atoms with van der Waals surface area (Å²) in [4.78, 5) is 23.0. The van der Waals surface area contributed by atoms with Gasteiger partial charge in [0, 0.05) is 23.0 Å². The third-order valence-corrected chi connectivity index (χ3v) is 5.55. The van der Waals surface area contributed by atoms with Gasteiger partial charge in [-0.2, -0.15) is 5.10 Å². The minimum Gasteiger partial charge on any atom is -0.335 e. The third-order valence-electron chi connectivity index (χ3n) is 5.05. The number of hydrogen-bond donors (Lipinski definition) is 0. The summed E-state index contributed by atoms with van der Waals surface area (Å²) in [5.74, 6) is 1.70. The van der Waals surface area contributed by atoms with Gasteiger partial charge in [0.05, 0.1) is 36.5 Å². The molecule has 1 saturated heterocycles. The second kappa shape index (κ2) is 5.77. The Morgan fingerprint density at radius 1 is 1.31 bits per heavy atom. The predicted molar refractivity (Wildman–Crippen MR) is 98.8 cm³/mol. The fourth-order valence-corrected chi connectivity index (χ4v) is 4.07. The van der Waals surface area contributed by atoms with Crippen molar-refractivity contribution in [2.75, 3.05) is 6.54 Å². The molecule has 0 N–H and O–H groups in total. The maximum absolute atomic E-state index is 11.9. The van der Waals surface area contributed by atoms with Crippen LogP contribution in [0.4, 0.5) is 0 Å². The van der Waals surface area contributed by atoms with E-state index in [9.17, 15) is 4.79 Å². The SMILES string of the molecule is Cc1ncn2c1Cn1nc(CN3CCCC3=O)nc1-c1cc(Br)ccc1-2. The summed E-state index contributed by atoms with van der Waals surface area (Å²) in [6, 6.07) is 6.15. The summed E-state index contributed by atoms with van der Waals surface area (Å²) in [7, 11) is 0. The van der Waals surface area contributed by atoms with Crippen molar-refractivity contribution in [2.45, 2.75) is 32.9 Å². The highest BCUT2D eigenvalue weighted by molar-refractivity contribution is 9.10. The molecule has 8 heteroatoms. The lowest BCUT2D eigenvalue weighted by molar-refractivity contribution is -0.128. The summed E-state index contributed by atoms with van der Waals surface area (Å²) in [5.41, 5.74) is 4.13. The van der Waals surface area contributed by atoms with E-state index >= 15 is 0 Å². The van der Waals surface area contributed by atoms with Gasteiger partial charge in [-0.25, -0.2) is 14.6 Å². The highest BCUT2D eigenvalue weighted by Crippen LogP contribution is 2.33. The number of aryl methyl sites for hydroxylation is 1. The number of carbonyl (C=O) groups is 1. The zero-order valence-electron chi connectivity index (χ0n) is 14.3. The van der Waals surface area contributed by atoms with Crippen LogP contribution < -0.4 is 0 Å². The Labute approximate surface area is 158 Å². The van der Waals surface area contributed by atoms with E-state index in [1.807, 2.05) is 28.9 Å². The van der Waals surface area contributed by atoms with Gasteiger partial charge in [-0.1, -0.05) is 15.9 Å². The van der Waals surface area contributed by atoms with Crippen LogP contribution in [0.2, 0.25) is 0 Å². The molecule has 0 aliphatic carbocycles. The molecule has 0 spiro atoms. The lowest BCUT2D eigenvalue weighted by Crippen LogP contribution is -2.24. The van der Waals surface area contributed by atoms with Crippen LogP contribution in [0.5, 0.6) is 0 Å². The van der Waals surface area contributed by atoms with Crippen molar-refractivity contribution < 1.29 is 4.79 Å². The fourth-order valence-electron chi connectivity index (χ4n) is 3.71. The number of halogens is 1. The van der Waals surface area contributed by atoms with Gasteiger partial charge < -0.3 is 9.47 Å². The first-order chi connectivity index (χ1) is 12.6. The number of benzene rings is 1. The van der Waals surface area contributed by atoms with Crippen molar-refractivity contribution in [3.63, 3.8) is 0 Å². The molecular weight excluding hydrogens is 396 g/mol. The minimum atomic E-state index is 0.187. The Bertz CT molecular complexity index is 1040. The molecule has 2 aliphatic heterocycles. The van der Waals surface area contributed by atoms with Crippen LogP contribution in [-0.2, 0) is 17.9 Å². The van der Waals surface area contributed by atoms with E-state index in [2.05, 4.69) is 37.6 Å². The summed E-state index contributed by atoms with van der Waals surface area (Å²) < 4.78 is 5.02. The van der Waals surface area contributed by atoms with Crippen molar-refractivity contribution in [3.05, 3.63) is 46.2 Å². The van der Waals surface area contributed by atoms with Gasteiger partial charge in [-0.3, -0.25) is 4.79 Å². The molecule has 2 aliphatic rings. The summed E-state index contributed by atoms with van der Waals surface area (Å²) in [5, 5.41) is 4.71. The first kappa shape index (κ1) is 15.7. The molecule has 0 radical (unpaired) electrons. The summed E-state index contributed by atoms with van der Waals surface area (Å²) in [6.45, 7) is 3.88. The minimum absolute atomic E-state index is 0.187. The second-order valence-corrected chi connectivity index (χ2v) is 7.65. The summed E-state index contributed by atoms with van der Waals surface area (Å²) in [6.07, 6.45) is 3.40. The van der Waals surface area contributed by atoms with Crippen molar-refractivity contribution >= 4 is 21.8 Å². The van der Waals surface area contributed by atoms with Crippen LogP contribution in [0.15, 0.2) is 29.0 Å². The average Bonchev–Trinajstić information content (AvgIpc) is 3.28. The fraction of sp³-hybridized carbons (Fsp3) is 0.333. The van der Waals surface area contributed by atoms with Gasteiger partial charge >= 0.3 is 0 Å². The zero-order chi connectivity index (χ0) is 17.8. The molecule has 132 valence electrons. The van der Waals surface area contributed by atoms with Gasteiger partial charge in [0.1, 0.15) is 0 Å². The number of amides is 1. The molecule has 0 unspecified atom stereocenters. The molecule has 4 heterocycles. The standard InChI is InChI=1S/C18H17BrN6O/c1-11-15-8-25-18(21-16(22-25)9-23-6-2-3-17(23)26)13-7-12(19)4-5-14(13)24(15)10-20-11/h4-5,7,10H,2-3,6,8-9H2,1H3. The maximum atomic E-state index is 11.9. The molecule has 0 bridgehead atoms. The molecule has 3 aromatic rings. The predicted octanol–water partition coefficient (Wildman–Crippen LogP) is 2.69. The van der Waals surface area contributed by atoms with Gasteiger partial charge in [-0.15, -0.1) is 0 Å². The average molecular weight is 413 g/mol. The molecule has 0 saturated carbocycles. The van der Waals surface area contributed by atoms with Crippen LogP contribution in [-0.4, -0.2) is 41.7 Å². The number of fused-ring (bicyclic) bond motifs is 5. The number of imidazole rings is 1. The van der Waals surface area contributed by atoms with Gasteiger partial charge in [0.15, 0.2) is 11.6 Å². The second-order valence-electron chi connectivity index (χ2n) is 6.74. The molecule has 1 fully saturated rings. The highest BCUT2D eigenvalue weighted by atomic mass is 79.9. The topological polar surface area (TPSA) is 68.8 Å². The monoisotopic (exact) mass is 412 g/mol. The van der Waals surface area contributed by atoms with Crippen molar-refractivity contribution in [3.8, 4) is 17.1 Å². The van der Waals surface area contributed by atoms with E-state index in [0.29, 0.717) is 25.3 Å². The molecule has 1 amide bonds. The van der Waals surface area contributed by atoms with E-state index in [0.717, 1.165) is 45.9 Å². The van der Waals surface area contributed by atoms with Crippen molar-refractivity contribution in [2.24, 2.45) is 0 Å². The molecule has 5 rings (SSSR count). The largest absolute Gasteiger partial charge is 0.335 e. The van der Waals surface area contributed by atoms with Gasteiger partial charge in [0.2, 0.25) is 5.91 Å². The van der Waals surface area contributed by atoms with E-state index in [1.54, 1.807) is 0 Å². The molecule has 7 nitrogen and oxygen atoms in total. The maximum Gasteiger partial charge on any atom is 0.223 e. The van der Waals surface area contributed by atoms with Gasteiger partial charge in [-0.05, 0) is 31.5 Å². The normalized spacial score (nSPS) is 15.6. The van der Waals surface area contributed by atoms with Gasteiger partial charge in [0.25, 0.3) is 0 Å². The van der Waals surface area contributed by atoms with E-state index in [-0.39, 0.29) is 5.91 Å². The third kappa shape index (κ3) is 2.39. The highest BCUT2D eigenvalue weighted by Gasteiger charge is 2.26. The molecule has 26 heavy (non-hydrogen) atoms. The first-order valence-corrected chi connectivity index (χ1v) is 9.44. The van der Waals surface area contributed by atoms with E-state index in [4.69, 9.17) is 10.1 Å². The van der Waals surface area contributed by atoms with Crippen LogP contribution >= 0.6 is 15.9 Å². The number of hydrogen-bond acceptors (Lipinski definition) is 4. The molecular formula is C18H17BrN6O. The number of aromatic nitrogens is 5. The first-order valence-electron chi connectivity index (χ1n) is 8.65. The summed E-state index contributed by atoms with van der Waals surface area (Å²) >= 11 is 3.56. The molecule has 1 aromatic carbocycles.